The average Bonchev–Trinajstić information content (AvgIpc) is 2.97. The number of hydrogen-bond acceptors (Lipinski definition) is 3. The fraction of sp³-hybridized carbons (Fsp3) is 0.231. The molecule has 0 bridgehead atoms. The summed E-state index contributed by atoms with van der Waals surface area (Å²) in [6, 6.07) is 4.14. The van der Waals surface area contributed by atoms with Gasteiger partial charge in [-0.15, -0.1) is 0 Å². The largest absolute Gasteiger partial charge is 0.380 e. The zero-order valence-corrected chi connectivity index (χ0v) is 10.4. The molecule has 18 heavy (non-hydrogen) atoms. The molecular weight excluding hydrogens is 226 g/mol. The second-order valence-corrected chi connectivity index (χ2v) is 4.38. The molecule has 0 aliphatic heterocycles. The third-order valence-corrected chi connectivity index (χ3v) is 3.02. The number of rotatable bonds is 3. The van der Waals surface area contributed by atoms with E-state index in [4.69, 9.17) is 0 Å². The number of fused-ring (bicyclic) bond motifs is 1. The maximum absolute atomic E-state index is 4.43. The van der Waals surface area contributed by atoms with Gasteiger partial charge in [0.25, 0.3) is 0 Å². The summed E-state index contributed by atoms with van der Waals surface area (Å²) in [5.74, 6) is 0. The number of nitrogens with one attached hydrogen (secondary N) is 2. The number of pyridine rings is 1. The van der Waals surface area contributed by atoms with Gasteiger partial charge in [-0.2, -0.15) is 5.10 Å². The highest BCUT2D eigenvalue weighted by Gasteiger charge is 2.06. The van der Waals surface area contributed by atoms with Crippen LogP contribution in [0.5, 0.6) is 0 Å². The van der Waals surface area contributed by atoms with Crippen LogP contribution in [0, 0.1) is 6.92 Å². The molecule has 0 saturated carbocycles. The minimum absolute atomic E-state index is 0.788. The van der Waals surface area contributed by atoms with E-state index in [2.05, 4.69) is 26.4 Å². The van der Waals surface area contributed by atoms with Crippen LogP contribution in [-0.4, -0.2) is 19.7 Å². The first-order chi connectivity index (χ1) is 8.74. The summed E-state index contributed by atoms with van der Waals surface area (Å²) >= 11 is 0. The highest BCUT2D eigenvalue weighted by molar-refractivity contribution is 5.81. The molecule has 5 heteroatoms. The van der Waals surface area contributed by atoms with Crippen molar-refractivity contribution in [3.63, 3.8) is 0 Å². The van der Waals surface area contributed by atoms with Crippen molar-refractivity contribution < 1.29 is 0 Å². The first-order valence-corrected chi connectivity index (χ1v) is 5.89. The van der Waals surface area contributed by atoms with E-state index >= 15 is 0 Å². The predicted octanol–water partition coefficient (Wildman–Crippen LogP) is 2.22. The standard InChI is InChI=1S/C13H15N5/c1-9-12-5-11(8-16-13(12)18(2)17-9)15-7-10-3-4-14-6-10/h3-6,8,14-15H,7H2,1-2H3. The Labute approximate surface area is 105 Å². The van der Waals surface area contributed by atoms with Gasteiger partial charge >= 0.3 is 0 Å². The summed E-state index contributed by atoms with van der Waals surface area (Å²) < 4.78 is 1.81. The molecule has 3 aromatic rings. The van der Waals surface area contributed by atoms with Gasteiger partial charge in [0.1, 0.15) is 0 Å². The van der Waals surface area contributed by atoms with Gasteiger partial charge in [0.2, 0.25) is 0 Å². The van der Waals surface area contributed by atoms with E-state index in [1.807, 2.05) is 38.6 Å². The van der Waals surface area contributed by atoms with E-state index < -0.39 is 0 Å². The van der Waals surface area contributed by atoms with Crippen LogP contribution in [0.15, 0.2) is 30.7 Å². The first-order valence-electron chi connectivity index (χ1n) is 5.89. The molecule has 0 aromatic carbocycles. The molecule has 92 valence electrons. The van der Waals surface area contributed by atoms with Crippen LogP contribution >= 0.6 is 0 Å². The highest BCUT2D eigenvalue weighted by Crippen LogP contribution is 2.19. The van der Waals surface area contributed by atoms with E-state index in [1.165, 1.54) is 5.56 Å². The molecule has 0 aliphatic carbocycles. The van der Waals surface area contributed by atoms with Gasteiger partial charge in [-0.1, -0.05) is 0 Å². The zero-order chi connectivity index (χ0) is 12.5. The molecule has 0 unspecified atom stereocenters. The lowest BCUT2D eigenvalue weighted by atomic mass is 10.2. The summed E-state index contributed by atoms with van der Waals surface area (Å²) in [5, 5.41) is 8.81. The predicted molar refractivity (Wildman–Crippen MR) is 71.4 cm³/mol. The number of aromatic amines is 1. The lowest BCUT2D eigenvalue weighted by Crippen LogP contribution is -1.99. The Morgan fingerprint density at radius 1 is 1.44 bits per heavy atom. The van der Waals surface area contributed by atoms with Crippen LogP contribution in [0.3, 0.4) is 0 Å². The number of aryl methyl sites for hydroxylation is 2. The monoisotopic (exact) mass is 241 g/mol. The Kier molecular flexibility index (Phi) is 2.51. The minimum atomic E-state index is 0.788. The Balaban J connectivity index is 1.87. The summed E-state index contributed by atoms with van der Waals surface area (Å²) in [5.41, 5.74) is 4.16. The van der Waals surface area contributed by atoms with Gasteiger partial charge in [0, 0.05) is 31.4 Å². The van der Waals surface area contributed by atoms with Gasteiger partial charge in [-0.05, 0) is 24.6 Å². The average molecular weight is 241 g/mol. The number of aromatic nitrogens is 4. The van der Waals surface area contributed by atoms with E-state index in [1.54, 1.807) is 4.68 Å². The third-order valence-electron chi connectivity index (χ3n) is 3.02. The van der Waals surface area contributed by atoms with Gasteiger partial charge in [-0.3, -0.25) is 4.68 Å². The number of nitrogens with zero attached hydrogens (tertiary/aromatic N) is 3. The van der Waals surface area contributed by atoms with Crippen LogP contribution < -0.4 is 5.32 Å². The molecular formula is C13H15N5. The lowest BCUT2D eigenvalue weighted by molar-refractivity contribution is 0.774. The number of anilines is 1. The fourth-order valence-corrected chi connectivity index (χ4v) is 2.08. The molecule has 3 heterocycles. The Morgan fingerprint density at radius 3 is 3.11 bits per heavy atom. The van der Waals surface area contributed by atoms with E-state index in [0.717, 1.165) is 29.0 Å². The van der Waals surface area contributed by atoms with E-state index in [9.17, 15) is 0 Å². The summed E-state index contributed by atoms with van der Waals surface area (Å²) in [6.07, 6.45) is 5.74. The Bertz CT molecular complexity index is 666. The molecule has 0 saturated heterocycles. The van der Waals surface area contributed by atoms with Crippen molar-refractivity contribution in [2.45, 2.75) is 13.5 Å². The topological polar surface area (TPSA) is 58.5 Å². The summed E-state index contributed by atoms with van der Waals surface area (Å²) in [6.45, 7) is 2.79. The molecule has 3 aromatic heterocycles. The first kappa shape index (κ1) is 10.8. The number of hydrogen-bond donors (Lipinski definition) is 2. The van der Waals surface area contributed by atoms with Crippen molar-refractivity contribution in [2.24, 2.45) is 7.05 Å². The number of H-pyrrole nitrogens is 1. The molecule has 0 aliphatic rings. The molecule has 0 fully saturated rings. The van der Waals surface area contributed by atoms with E-state index in [0.29, 0.717) is 0 Å². The van der Waals surface area contributed by atoms with Gasteiger partial charge < -0.3 is 10.3 Å². The lowest BCUT2D eigenvalue weighted by Gasteiger charge is -2.04. The third kappa shape index (κ3) is 1.84. The van der Waals surface area contributed by atoms with Crippen molar-refractivity contribution in [3.8, 4) is 0 Å². The molecule has 5 nitrogen and oxygen atoms in total. The van der Waals surface area contributed by atoms with Crippen molar-refractivity contribution in [1.29, 1.82) is 0 Å². The molecule has 0 amide bonds. The van der Waals surface area contributed by atoms with Crippen molar-refractivity contribution >= 4 is 16.7 Å². The van der Waals surface area contributed by atoms with Crippen LogP contribution in [0.1, 0.15) is 11.3 Å². The molecule has 2 N–H and O–H groups in total. The minimum Gasteiger partial charge on any atom is -0.380 e. The fourth-order valence-electron chi connectivity index (χ4n) is 2.08. The Hall–Kier alpha value is -2.30. The second-order valence-electron chi connectivity index (χ2n) is 4.38. The van der Waals surface area contributed by atoms with Gasteiger partial charge in [-0.25, -0.2) is 4.98 Å². The van der Waals surface area contributed by atoms with Gasteiger partial charge in [0.05, 0.1) is 17.6 Å². The summed E-state index contributed by atoms with van der Waals surface area (Å²) in [4.78, 5) is 7.47. The van der Waals surface area contributed by atoms with E-state index in [-0.39, 0.29) is 0 Å². The molecule has 3 rings (SSSR count). The highest BCUT2D eigenvalue weighted by atomic mass is 15.3. The van der Waals surface area contributed by atoms with Crippen LogP contribution in [-0.2, 0) is 13.6 Å². The normalized spacial score (nSPS) is 11.0. The van der Waals surface area contributed by atoms with Gasteiger partial charge in [0.15, 0.2) is 5.65 Å². The zero-order valence-electron chi connectivity index (χ0n) is 10.4. The maximum atomic E-state index is 4.43. The van der Waals surface area contributed by atoms with Crippen LogP contribution in [0.25, 0.3) is 11.0 Å². The van der Waals surface area contributed by atoms with Crippen molar-refractivity contribution in [2.75, 3.05) is 5.32 Å². The smallest absolute Gasteiger partial charge is 0.157 e. The van der Waals surface area contributed by atoms with Crippen LogP contribution in [0.2, 0.25) is 0 Å². The quantitative estimate of drug-likeness (QED) is 0.739. The molecule has 0 atom stereocenters. The van der Waals surface area contributed by atoms with Crippen LogP contribution in [0.4, 0.5) is 5.69 Å². The maximum Gasteiger partial charge on any atom is 0.157 e. The second kappa shape index (κ2) is 4.18. The molecule has 0 spiro atoms. The summed E-state index contributed by atoms with van der Waals surface area (Å²) in [7, 11) is 1.91. The SMILES string of the molecule is Cc1nn(C)c2ncc(NCc3cc[nH]c3)cc12. The molecule has 0 radical (unpaired) electrons. The van der Waals surface area contributed by atoms with Crippen molar-refractivity contribution in [1.82, 2.24) is 19.7 Å². The Morgan fingerprint density at radius 2 is 2.33 bits per heavy atom. The van der Waals surface area contributed by atoms with Crippen molar-refractivity contribution in [3.05, 3.63) is 42.0 Å².